The molecule has 0 bridgehead atoms. The number of benzene rings is 1. The van der Waals surface area contributed by atoms with E-state index in [0.29, 0.717) is 16.7 Å². The molecule has 1 aromatic carbocycles. The molecule has 0 aliphatic heterocycles. The minimum Gasteiger partial charge on any atom is -0.478 e. The van der Waals surface area contributed by atoms with Crippen molar-refractivity contribution in [1.82, 2.24) is 4.90 Å². The predicted octanol–water partition coefficient (Wildman–Crippen LogP) is 2.83. The van der Waals surface area contributed by atoms with E-state index in [4.69, 9.17) is 0 Å². The minimum absolute atomic E-state index is 0.0547. The molecule has 0 radical (unpaired) electrons. The highest BCUT2D eigenvalue weighted by molar-refractivity contribution is 7.98. The van der Waals surface area contributed by atoms with Crippen molar-refractivity contribution in [3.8, 4) is 0 Å². The smallest absolute Gasteiger partial charge is 0.336 e. The van der Waals surface area contributed by atoms with Crippen molar-refractivity contribution in [2.75, 3.05) is 19.1 Å². The van der Waals surface area contributed by atoms with Gasteiger partial charge in [-0.1, -0.05) is 12.1 Å². The van der Waals surface area contributed by atoms with Gasteiger partial charge in [-0.3, -0.25) is 4.79 Å². The zero-order valence-electron chi connectivity index (χ0n) is 12.6. The summed E-state index contributed by atoms with van der Waals surface area (Å²) in [4.78, 5) is 25.7. The SMILES string of the molecule is CSCC(C)N(C)C(=O)c1c(C)ccc(C)c1C(=O)O. The Balaban J connectivity index is 3.28. The quantitative estimate of drug-likeness (QED) is 0.907. The number of nitrogens with zero attached hydrogens (tertiary/aromatic N) is 1. The van der Waals surface area contributed by atoms with Crippen molar-refractivity contribution in [2.45, 2.75) is 26.8 Å². The average molecular weight is 295 g/mol. The molecule has 20 heavy (non-hydrogen) atoms. The number of carboxylic acids is 1. The third kappa shape index (κ3) is 3.33. The van der Waals surface area contributed by atoms with Gasteiger partial charge in [0.2, 0.25) is 0 Å². The fraction of sp³-hybridized carbons (Fsp3) is 0.467. The molecule has 4 nitrogen and oxygen atoms in total. The van der Waals surface area contributed by atoms with E-state index in [-0.39, 0.29) is 17.5 Å². The highest BCUT2D eigenvalue weighted by Crippen LogP contribution is 2.21. The second-order valence-electron chi connectivity index (χ2n) is 4.97. The van der Waals surface area contributed by atoms with E-state index in [2.05, 4.69) is 0 Å². The summed E-state index contributed by atoms with van der Waals surface area (Å²) >= 11 is 1.66. The molecule has 110 valence electrons. The van der Waals surface area contributed by atoms with Gasteiger partial charge in [0.15, 0.2) is 0 Å². The number of amides is 1. The highest BCUT2D eigenvalue weighted by atomic mass is 32.2. The first-order chi connectivity index (χ1) is 9.31. The van der Waals surface area contributed by atoms with Gasteiger partial charge in [-0.15, -0.1) is 0 Å². The van der Waals surface area contributed by atoms with E-state index in [9.17, 15) is 14.7 Å². The van der Waals surface area contributed by atoms with Gasteiger partial charge in [0.05, 0.1) is 11.1 Å². The van der Waals surface area contributed by atoms with Gasteiger partial charge in [-0.05, 0) is 38.2 Å². The lowest BCUT2D eigenvalue weighted by Crippen LogP contribution is -2.37. The number of carboxylic acid groups (broad SMARTS) is 1. The summed E-state index contributed by atoms with van der Waals surface area (Å²) in [5, 5.41) is 9.37. The standard InChI is InChI=1S/C15H21NO3S/c1-9-6-7-10(2)13(15(18)19)12(9)14(17)16(4)11(3)8-20-5/h6-7,11H,8H2,1-5H3,(H,18,19). The number of rotatable bonds is 5. The molecule has 1 amide bonds. The summed E-state index contributed by atoms with van der Waals surface area (Å²) < 4.78 is 0. The van der Waals surface area contributed by atoms with Crippen LogP contribution in [0.5, 0.6) is 0 Å². The molecule has 1 atom stereocenters. The maximum atomic E-state index is 12.6. The summed E-state index contributed by atoms with van der Waals surface area (Å²) in [5.41, 5.74) is 1.71. The molecule has 0 heterocycles. The van der Waals surface area contributed by atoms with E-state index in [1.165, 1.54) is 0 Å². The Morgan fingerprint density at radius 2 is 1.75 bits per heavy atom. The molecule has 0 fully saturated rings. The number of aryl methyl sites for hydroxylation is 2. The summed E-state index contributed by atoms with van der Waals surface area (Å²) in [6.07, 6.45) is 1.98. The topological polar surface area (TPSA) is 57.6 Å². The highest BCUT2D eigenvalue weighted by Gasteiger charge is 2.25. The third-order valence-corrected chi connectivity index (χ3v) is 4.25. The Hall–Kier alpha value is -1.49. The van der Waals surface area contributed by atoms with Crippen molar-refractivity contribution in [2.24, 2.45) is 0 Å². The van der Waals surface area contributed by atoms with Crippen LogP contribution in [0.1, 0.15) is 38.8 Å². The Bertz CT molecular complexity index is 528. The first-order valence-electron chi connectivity index (χ1n) is 6.40. The molecule has 0 aromatic heterocycles. The lowest BCUT2D eigenvalue weighted by molar-refractivity contribution is 0.0674. The van der Waals surface area contributed by atoms with Crippen LogP contribution >= 0.6 is 11.8 Å². The van der Waals surface area contributed by atoms with Crippen LogP contribution in [0.4, 0.5) is 0 Å². The molecule has 0 aliphatic carbocycles. The summed E-state index contributed by atoms with van der Waals surface area (Å²) in [7, 11) is 1.72. The van der Waals surface area contributed by atoms with E-state index >= 15 is 0 Å². The summed E-state index contributed by atoms with van der Waals surface area (Å²) in [6.45, 7) is 5.44. The van der Waals surface area contributed by atoms with Crippen LogP contribution in [0, 0.1) is 13.8 Å². The van der Waals surface area contributed by atoms with Gasteiger partial charge < -0.3 is 10.0 Å². The molecule has 1 rings (SSSR count). The van der Waals surface area contributed by atoms with E-state index in [1.54, 1.807) is 49.7 Å². The van der Waals surface area contributed by atoms with E-state index in [1.807, 2.05) is 13.2 Å². The van der Waals surface area contributed by atoms with Crippen molar-refractivity contribution in [3.63, 3.8) is 0 Å². The number of carbonyl (C=O) groups is 2. The van der Waals surface area contributed by atoms with Gasteiger partial charge in [-0.2, -0.15) is 11.8 Å². The van der Waals surface area contributed by atoms with Gasteiger partial charge in [-0.25, -0.2) is 4.79 Å². The molecular formula is C15H21NO3S. The van der Waals surface area contributed by atoms with E-state index in [0.717, 1.165) is 5.75 Å². The van der Waals surface area contributed by atoms with Crippen molar-refractivity contribution >= 4 is 23.6 Å². The molecule has 1 N–H and O–H groups in total. The van der Waals surface area contributed by atoms with E-state index < -0.39 is 5.97 Å². The normalized spacial score (nSPS) is 12.1. The minimum atomic E-state index is -1.06. The molecule has 0 aliphatic rings. The van der Waals surface area contributed by atoms with Crippen molar-refractivity contribution in [3.05, 3.63) is 34.4 Å². The Morgan fingerprint density at radius 1 is 1.25 bits per heavy atom. The predicted molar refractivity (Wildman–Crippen MR) is 82.8 cm³/mol. The lowest BCUT2D eigenvalue weighted by atomic mass is 9.96. The molecule has 1 aromatic rings. The maximum Gasteiger partial charge on any atom is 0.336 e. The van der Waals surface area contributed by atoms with Crippen LogP contribution in [0.15, 0.2) is 12.1 Å². The van der Waals surface area contributed by atoms with Crippen LogP contribution in [0.2, 0.25) is 0 Å². The fourth-order valence-electron chi connectivity index (χ4n) is 2.09. The molecular weight excluding hydrogens is 274 g/mol. The Morgan fingerprint density at radius 3 is 2.20 bits per heavy atom. The second-order valence-corrected chi connectivity index (χ2v) is 5.89. The van der Waals surface area contributed by atoms with Gasteiger partial charge in [0, 0.05) is 18.8 Å². The molecule has 1 unspecified atom stereocenters. The van der Waals surface area contributed by atoms with Gasteiger partial charge in [0.1, 0.15) is 0 Å². The summed E-state index contributed by atoms with van der Waals surface area (Å²) in [6, 6.07) is 3.59. The molecule has 0 spiro atoms. The van der Waals surface area contributed by atoms with Crippen LogP contribution < -0.4 is 0 Å². The number of hydrogen-bond acceptors (Lipinski definition) is 3. The van der Waals surface area contributed by atoms with Crippen LogP contribution in [0.25, 0.3) is 0 Å². The number of hydrogen-bond donors (Lipinski definition) is 1. The van der Waals surface area contributed by atoms with Gasteiger partial charge >= 0.3 is 5.97 Å². The molecule has 0 saturated carbocycles. The average Bonchev–Trinajstić information content (AvgIpc) is 2.39. The zero-order valence-corrected chi connectivity index (χ0v) is 13.4. The monoisotopic (exact) mass is 295 g/mol. The lowest BCUT2D eigenvalue weighted by Gasteiger charge is -2.26. The number of carbonyl (C=O) groups excluding carboxylic acids is 1. The number of aromatic carboxylic acids is 1. The van der Waals surface area contributed by atoms with Crippen LogP contribution in [-0.2, 0) is 0 Å². The second kappa shape index (κ2) is 6.79. The Kier molecular flexibility index (Phi) is 5.62. The van der Waals surface area contributed by atoms with Crippen LogP contribution in [0.3, 0.4) is 0 Å². The maximum absolute atomic E-state index is 12.6. The zero-order chi connectivity index (χ0) is 15.4. The van der Waals surface area contributed by atoms with Crippen molar-refractivity contribution in [1.29, 1.82) is 0 Å². The third-order valence-electron chi connectivity index (χ3n) is 3.44. The molecule has 0 saturated heterocycles. The van der Waals surface area contributed by atoms with Crippen LogP contribution in [-0.4, -0.2) is 47.0 Å². The largest absolute Gasteiger partial charge is 0.478 e. The van der Waals surface area contributed by atoms with Crippen molar-refractivity contribution < 1.29 is 14.7 Å². The first kappa shape index (κ1) is 16.6. The molecule has 5 heteroatoms. The number of thioether (sulfide) groups is 1. The van der Waals surface area contributed by atoms with Gasteiger partial charge in [0.25, 0.3) is 5.91 Å². The fourth-order valence-corrected chi connectivity index (χ4v) is 2.80. The summed E-state index contributed by atoms with van der Waals surface area (Å²) in [5.74, 6) is -0.471. The first-order valence-corrected chi connectivity index (χ1v) is 7.80. The Labute approximate surface area is 124 Å².